The van der Waals surface area contributed by atoms with Gasteiger partial charge in [-0.2, -0.15) is 0 Å². The Hall–Kier alpha value is -2.59. The summed E-state index contributed by atoms with van der Waals surface area (Å²) in [6.45, 7) is -0.0610. The quantitative estimate of drug-likeness (QED) is 0.680. The third kappa shape index (κ3) is 3.45. The highest BCUT2D eigenvalue weighted by atomic mass is 32.2. The summed E-state index contributed by atoms with van der Waals surface area (Å²) in [4.78, 5) is 29.9. The number of thiazole rings is 1. The third-order valence-electron chi connectivity index (χ3n) is 4.13. The van der Waals surface area contributed by atoms with Crippen molar-refractivity contribution in [3.63, 3.8) is 0 Å². The van der Waals surface area contributed by atoms with Crippen LogP contribution >= 0.6 is 23.1 Å². The molecule has 0 spiro atoms. The molecule has 0 radical (unpaired) electrons. The van der Waals surface area contributed by atoms with E-state index in [1.54, 1.807) is 0 Å². The van der Waals surface area contributed by atoms with Gasteiger partial charge in [-0.25, -0.2) is 18.2 Å². The Labute approximate surface area is 164 Å². The molecule has 1 N–H and O–H groups in total. The molecule has 0 bridgehead atoms. The number of carboxylic acids is 1. The number of hydrogen-bond donors (Lipinski definition) is 1. The van der Waals surface area contributed by atoms with E-state index in [1.807, 2.05) is 0 Å². The van der Waals surface area contributed by atoms with Crippen LogP contribution in [0.3, 0.4) is 0 Å². The molecule has 0 saturated heterocycles. The van der Waals surface area contributed by atoms with Crippen LogP contribution < -0.4 is 4.90 Å². The molecule has 0 fully saturated rings. The normalized spacial score (nSPS) is 16.5. The second-order valence-electron chi connectivity index (χ2n) is 6.08. The van der Waals surface area contributed by atoms with Crippen molar-refractivity contribution < 1.29 is 27.9 Å². The van der Waals surface area contributed by atoms with Gasteiger partial charge in [0.2, 0.25) is 5.91 Å². The predicted octanol–water partition coefficient (Wildman–Crippen LogP) is 4.20. The van der Waals surface area contributed by atoms with Gasteiger partial charge in [0.15, 0.2) is 0 Å². The number of aromatic nitrogens is 1. The average molecular weight is 424 g/mol. The van der Waals surface area contributed by atoms with Gasteiger partial charge in [-0.1, -0.05) is 0 Å². The number of halogens is 3. The van der Waals surface area contributed by atoms with Crippen LogP contribution in [0.5, 0.6) is 0 Å². The Bertz CT molecular complexity index is 1120. The molecule has 3 aromatic rings. The van der Waals surface area contributed by atoms with Crippen LogP contribution in [0.15, 0.2) is 35.2 Å². The monoisotopic (exact) mass is 424 g/mol. The number of hydrogen-bond acceptors (Lipinski definition) is 5. The Morgan fingerprint density at radius 2 is 1.96 bits per heavy atom. The van der Waals surface area contributed by atoms with Gasteiger partial charge in [-0.3, -0.25) is 9.59 Å². The standard InChI is InChI=1S/C18H11F3N2O3S2/c19-8-1-2-12-13(5-8)27-14(6-16(24)25)18(26)23(12)7-15-22-11-4-9(20)3-10(21)17(11)28-15/h1-5,14H,6-7H2,(H,24,25). The van der Waals surface area contributed by atoms with Crippen LogP contribution in [0.2, 0.25) is 0 Å². The first-order valence-corrected chi connectivity index (χ1v) is 9.75. The zero-order valence-corrected chi connectivity index (χ0v) is 15.6. The molecule has 0 aliphatic carbocycles. The molecule has 1 amide bonds. The number of benzene rings is 2. The Morgan fingerprint density at radius 1 is 1.18 bits per heavy atom. The zero-order chi connectivity index (χ0) is 20.0. The second-order valence-corrected chi connectivity index (χ2v) is 8.41. The maximum atomic E-state index is 13.9. The van der Waals surface area contributed by atoms with Crippen molar-refractivity contribution in [2.75, 3.05) is 4.90 Å². The molecule has 28 heavy (non-hydrogen) atoms. The highest BCUT2D eigenvalue weighted by molar-refractivity contribution is 8.01. The van der Waals surface area contributed by atoms with Crippen LogP contribution in [0.25, 0.3) is 10.2 Å². The summed E-state index contributed by atoms with van der Waals surface area (Å²) in [5.74, 6) is -3.62. The number of rotatable bonds is 4. The summed E-state index contributed by atoms with van der Waals surface area (Å²) < 4.78 is 41.1. The average Bonchev–Trinajstić information content (AvgIpc) is 3.01. The van der Waals surface area contributed by atoms with E-state index in [0.29, 0.717) is 15.6 Å². The number of fused-ring (bicyclic) bond motifs is 2. The van der Waals surface area contributed by atoms with E-state index in [2.05, 4.69) is 4.98 Å². The van der Waals surface area contributed by atoms with Crippen molar-refractivity contribution in [2.24, 2.45) is 0 Å². The van der Waals surface area contributed by atoms with Gasteiger partial charge in [0, 0.05) is 17.0 Å². The van der Waals surface area contributed by atoms with Crippen LogP contribution in [0.4, 0.5) is 18.9 Å². The van der Waals surface area contributed by atoms with Crippen molar-refractivity contribution in [1.29, 1.82) is 0 Å². The first kappa shape index (κ1) is 18.8. The van der Waals surface area contributed by atoms with E-state index in [1.165, 1.54) is 23.1 Å². The van der Waals surface area contributed by atoms with Crippen molar-refractivity contribution in [3.8, 4) is 0 Å². The van der Waals surface area contributed by atoms with Crippen LogP contribution in [0.1, 0.15) is 11.4 Å². The third-order valence-corrected chi connectivity index (χ3v) is 6.43. The van der Waals surface area contributed by atoms with Gasteiger partial charge in [-0.15, -0.1) is 23.1 Å². The molecule has 1 aromatic heterocycles. The second kappa shape index (κ2) is 7.10. The number of carboxylic acid groups (broad SMARTS) is 1. The van der Waals surface area contributed by atoms with E-state index in [0.717, 1.165) is 35.2 Å². The predicted molar refractivity (Wildman–Crippen MR) is 99.0 cm³/mol. The number of aliphatic carboxylic acids is 1. The molecule has 2 heterocycles. The minimum atomic E-state index is -1.15. The summed E-state index contributed by atoms with van der Waals surface area (Å²) >= 11 is 1.97. The van der Waals surface area contributed by atoms with Crippen molar-refractivity contribution in [2.45, 2.75) is 23.1 Å². The lowest BCUT2D eigenvalue weighted by atomic mass is 10.2. The molecule has 1 unspecified atom stereocenters. The molecule has 10 heteroatoms. The summed E-state index contributed by atoms with van der Waals surface area (Å²) in [6, 6.07) is 5.73. The molecular weight excluding hydrogens is 413 g/mol. The number of anilines is 1. The van der Waals surface area contributed by atoms with Gasteiger partial charge in [0.25, 0.3) is 0 Å². The Kier molecular flexibility index (Phi) is 4.76. The van der Waals surface area contributed by atoms with Gasteiger partial charge in [0.05, 0.1) is 34.1 Å². The van der Waals surface area contributed by atoms with Crippen molar-refractivity contribution >= 4 is 50.9 Å². The SMILES string of the molecule is O=C(O)CC1Sc2cc(F)ccc2N(Cc2nc3cc(F)cc(F)c3s2)C1=O. The van der Waals surface area contributed by atoms with Crippen LogP contribution in [0, 0.1) is 17.5 Å². The molecular formula is C18H11F3N2O3S2. The summed E-state index contributed by atoms with van der Waals surface area (Å²) in [5.41, 5.74) is 0.557. The minimum Gasteiger partial charge on any atom is -0.481 e. The number of carbonyl (C=O) groups excluding carboxylic acids is 1. The lowest BCUT2D eigenvalue weighted by Crippen LogP contribution is -2.41. The highest BCUT2D eigenvalue weighted by Crippen LogP contribution is 2.42. The Balaban J connectivity index is 1.74. The molecule has 1 atom stereocenters. The minimum absolute atomic E-state index is 0.0610. The van der Waals surface area contributed by atoms with Gasteiger partial charge < -0.3 is 10.0 Å². The first-order valence-electron chi connectivity index (χ1n) is 8.05. The lowest BCUT2D eigenvalue weighted by Gasteiger charge is -2.32. The zero-order valence-electron chi connectivity index (χ0n) is 14.0. The fourth-order valence-corrected chi connectivity index (χ4v) is 5.14. The van der Waals surface area contributed by atoms with Gasteiger partial charge in [-0.05, 0) is 18.2 Å². The topological polar surface area (TPSA) is 70.5 Å². The molecule has 144 valence electrons. The summed E-state index contributed by atoms with van der Waals surface area (Å²) in [5, 5.41) is 8.50. The number of amides is 1. The van der Waals surface area contributed by atoms with Crippen LogP contribution in [-0.2, 0) is 16.1 Å². The number of thioether (sulfide) groups is 1. The van der Waals surface area contributed by atoms with E-state index in [-0.39, 0.29) is 16.8 Å². The van der Waals surface area contributed by atoms with Gasteiger partial charge in [0.1, 0.15) is 22.5 Å². The largest absolute Gasteiger partial charge is 0.481 e. The number of carbonyl (C=O) groups is 2. The van der Waals surface area contributed by atoms with E-state index >= 15 is 0 Å². The number of nitrogens with zero attached hydrogens (tertiary/aromatic N) is 2. The molecule has 1 aliphatic rings. The van der Waals surface area contributed by atoms with E-state index in [4.69, 9.17) is 5.11 Å². The molecule has 4 rings (SSSR count). The van der Waals surface area contributed by atoms with E-state index < -0.39 is 41.0 Å². The highest BCUT2D eigenvalue weighted by Gasteiger charge is 2.35. The molecule has 1 aliphatic heterocycles. The fourth-order valence-electron chi connectivity index (χ4n) is 2.96. The smallest absolute Gasteiger partial charge is 0.305 e. The van der Waals surface area contributed by atoms with Gasteiger partial charge >= 0.3 is 5.97 Å². The summed E-state index contributed by atoms with van der Waals surface area (Å²) in [7, 11) is 0. The molecule has 5 nitrogen and oxygen atoms in total. The maximum absolute atomic E-state index is 13.9. The van der Waals surface area contributed by atoms with Crippen molar-refractivity contribution in [1.82, 2.24) is 4.98 Å². The molecule has 2 aromatic carbocycles. The maximum Gasteiger partial charge on any atom is 0.305 e. The lowest BCUT2D eigenvalue weighted by molar-refractivity contribution is -0.138. The summed E-state index contributed by atoms with van der Waals surface area (Å²) in [6.07, 6.45) is -0.421. The van der Waals surface area contributed by atoms with Crippen molar-refractivity contribution in [3.05, 3.63) is 52.8 Å². The Morgan fingerprint density at radius 3 is 2.71 bits per heavy atom. The fraction of sp³-hybridized carbons (Fsp3) is 0.167. The van der Waals surface area contributed by atoms with E-state index in [9.17, 15) is 22.8 Å². The van der Waals surface area contributed by atoms with Crippen LogP contribution in [-0.4, -0.2) is 27.2 Å². The molecule has 0 saturated carbocycles. The first-order chi connectivity index (χ1) is 13.3.